The van der Waals surface area contributed by atoms with Crippen molar-refractivity contribution in [3.05, 3.63) is 34.6 Å². The van der Waals surface area contributed by atoms with E-state index in [1.54, 1.807) is 11.0 Å². The molecule has 0 aliphatic rings. The zero-order valence-corrected chi connectivity index (χ0v) is 9.27. The van der Waals surface area contributed by atoms with Crippen molar-refractivity contribution in [2.75, 3.05) is 0 Å². The number of halogens is 1. The first kappa shape index (κ1) is 9.33. The second kappa shape index (κ2) is 3.88. The Morgan fingerprint density at radius 1 is 1.43 bits per heavy atom. The van der Waals surface area contributed by atoms with Gasteiger partial charge in [0.15, 0.2) is 0 Å². The predicted octanol–water partition coefficient (Wildman–Crippen LogP) is 1.99. The van der Waals surface area contributed by atoms with E-state index >= 15 is 0 Å². The van der Waals surface area contributed by atoms with Crippen LogP contribution in [0.1, 0.15) is 12.5 Å². The molecule has 1 aromatic carbocycles. The van der Waals surface area contributed by atoms with Crippen molar-refractivity contribution < 1.29 is 0 Å². The van der Waals surface area contributed by atoms with Gasteiger partial charge in [0.2, 0.25) is 0 Å². The molecule has 0 aliphatic carbocycles. The Kier molecular flexibility index (Phi) is 2.58. The first-order valence-electron chi connectivity index (χ1n) is 4.33. The zero-order chi connectivity index (χ0) is 9.97. The fourth-order valence-corrected chi connectivity index (χ4v) is 1.74. The van der Waals surface area contributed by atoms with Crippen molar-refractivity contribution in [2.45, 2.75) is 13.3 Å². The van der Waals surface area contributed by atoms with Gasteiger partial charge in [0.1, 0.15) is 6.33 Å². The number of benzene rings is 1. The Balaban J connectivity index is 2.53. The molecule has 14 heavy (non-hydrogen) atoms. The molecule has 72 valence electrons. The highest BCUT2D eigenvalue weighted by Gasteiger charge is 2.04. The summed E-state index contributed by atoms with van der Waals surface area (Å²) in [5.74, 6) is 0. The summed E-state index contributed by atoms with van der Waals surface area (Å²) in [5.41, 5.74) is 2.24. The molecule has 2 aromatic rings. The summed E-state index contributed by atoms with van der Waals surface area (Å²) in [5, 5.41) is 11.1. The maximum atomic E-state index is 3.87. The van der Waals surface area contributed by atoms with Crippen LogP contribution in [0.5, 0.6) is 0 Å². The van der Waals surface area contributed by atoms with Crippen LogP contribution in [0.15, 0.2) is 29.0 Å². The summed E-state index contributed by atoms with van der Waals surface area (Å²) in [7, 11) is 0. The number of nitrogens with zero attached hydrogens (tertiary/aromatic N) is 4. The van der Waals surface area contributed by atoms with E-state index in [1.165, 1.54) is 5.56 Å². The minimum Gasteiger partial charge on any atom is -0.200 e. The normalized spacial score (nSPS) is 10.4. The zero-order valence-electron chi connectivity index (χ0n) is 7.68. The summed E-state index contributed by atoms with van der Waals surface area (Å²) < 4.78 is 2.75. The SMILES string of the molecule is CCc1cc(Br)ccc1-n1cnnn1. The molecule has 1 aromatic heterocycles. The topological polar surface area (TPSA) is 43.6 Å². The highest BCUT2D eigenvalue weighted by Crippen LogP contribution is 2.19. The lowest BCUT2D eigenvalue weighted by atomic mass is 10.1. The Hall–Kier alpha value is -1.23. The van der Waals surface area contributed by atoms with E-state index in [-0.39, 0.29) is 0 Å². The van der Waals surface area contributed by atoms with Gasteiger partial charge in [-0.2, -0.15) is 0 Å². The van der Waals surface area contributed by atoms with Crippen LogP contribution >= 0.6 is 15.9 Å². The molecule has 0 unspecified atom stereocenters. The highest BCUT2D eigenvalue weighted by molar-refractivity contribution is 9.10. The number of hydrogen-bond donors (Lipinski definition) is 0. The summed E-state index contributed by atoms with van der Waals surface area (Å²) in [4.78, 5) is 0. The molecule has 5 heteroatoms. The van der Waals surface area contributed by atoms with Crippen LogP contribution in [0.4, 0.5) is 0 Å². The summed E-state index contributed by atoms with van der Waals surface area (Å²) in [6, 6.07) is 6.06. The molecular weight excluding hydrogens is 244 g/mol. The van der Waals surface area contributed by atoms with Crippen LogP contribution in [0, 0.1) is 0 Å². The average Bonchev–Trinajstić information content (AvgIpc) is 2.70. The maximum Gasteiger partial charge on any atom is 0.143 e. The lowest BCUT2D eigenvalue weighted by molar-refractivity contribution is 0.781. The van der Waals surface area contributed by atoms with Gasteiger partial charge < -0.3 is 0 Å². The molecule has 0 saturated heterocycles. The van der Waals surface area contributed by atoms with Crippen molar-refractivity contribution >= 4 is 15.9 Å². The molecule has 0 saturated carbocycles. The van der Waals surface area contributed by atoms with E-state index in [9.17, 15) is 0 Å². The van der Waals surface area contributed by atoms with Crippen molar-refractivity contribution in [3.8, 4) is 5.69 Å². The first-order chi connectivity index (χ1) is 6.81. The van der Waals surface area contributed by atoms with Gasteiger partial charge in [-0.3, -0.25) is 0 Å². The van der Waals surface area contributed by atoms with Gasteiger partial charge in [0.05, 0.1) is 5.69 Å². The van der Waals surface area contributed by atoms with Gasteiger partial charge in [-0.05, 0) is 40.6 Å². The second-order valence-corrected chi connectivity index (χ2v) is 3.80. The molecular formula is C9H9BrN4. The Labute approximate surface area is 90.1 Å². The summed E-state index contributed by atoms with van der Waals surface area (Å²) in [6.45, 7) is 2.11. The van der Waals surface area contributed by atoms with Crippen LogP contribution in [-0.4, -0.2) is 20.2 Å². The number of tetrazole rings is 1. The molecule has 0 amide bonds. The van der Waals surface area contributed by atoms with E-state index in [4.69, 9.17) is 0 Å². The van der Waals surface area contributed by atoms with Gasteiger partial charge in [-0.1, -0.05) is 22.9 Å². The smallest absolute Gasteiger partial charge is 0.143 e. The monoisotopic (exact) mass is 252 g/mol. The molecule has 2 rings (SSSR count). The van der Waals surface area contributed by atoms with E-state index in [1.807, 2.05) is 12.1 Å². The van der Waals surface area contributed by atoms with Crippen LogP contribution in [-0.2, 0) is 6.42 Å². The summed E-state index contributed by atoms with van der Waals surface area (Å²) in [6.07, 6.45) is 2.55. The van der Waals surface area contributed by atoms with Gasteiger partial charge in [0, 0.05) is 4.47 Å². The molecule has 0 atom stereocenters. The lowest BCUT2D eigenvalue weighted by Crippen LogP contribution is -1.99. The molecule has 4 nitrogen and oxygen atoms in total. The Bertz CT molecular complexity index is 424. The van der Waals surface area contributed by atoms with Gasteiger partial charge in [-0.25, -0.2) is 4.68 Å². The van der Waals surface area contributed by atoms with Crippen molar-refractivity contribution in [2.24, 2.45) is 0 Å². The number of aryl methyl sites for hydroxylation is 1. The van der Waals surface area contributed by atoms with Gasteiger partial charge in [0.25, 0.3) is 0 Å². The van der Waals surface area contributed by atoms with Gasteiger partial charge >= 0.3 is 0 Å². The van der Waals surface area contributed by atoms with Gasteiger partial charge in [-0.15, -0.1) is 5.10 Å². The van der Waals surface area contributed by atoms with E-state index in [2.05, 4.69) is 44.4 Å². The second-order valence-electron chi connectivity index (χ2n) is 2.88. The summed E-state index contributed by atoms with van der Waals surface area (Å²) >= 11 is 3.44. The van der Waals surface area contributed by atoms with Crippen molar-refractivity contribution in [3.63, 3.8) is 0 Å². The largest absolute Gasteiger partial charge is 0.200 e. The first-order valence-corrected chi connectivity index (χ1v) is 5.12. The molecule has 0 radical (unpaired) electrons. The number of rotatable bonds is 2. The molecule has 0 aliphatic heterocycles. The molecule has 0 N–H and O–H groups in total. The molecule has 0 fully saturated rings. The Morgan fingerprint density at radius 2 is 2.29 bits per heavy atom. The maximum absolute atomic E-state index is 3.87. The van der Waals surface area contributed by atoms with Crippen LogP contribution in [0.3, 0.4) is 0 Å². The van der Waals surface area contributed by atoms with Crippen LogP contribution in [0.2, 0.25) is 0 Å². The van der Waals surface area contributed by atoms with Crippen LogP contribution < -0.4 is 0 Å². The minimum absolute atomic E-state index is 0.953. The standard InChI is InChI=1S/C9H9BrN4/c1-2-7-5-8(10)3-4-9(7)14-6-11-12-13-14/h3-6H,2H2,1H3. The molecule has 1 heterocycles. The van der Waals surface area contributed by atoms with Crippen molar-refractivity contribution in [1.82, 2.24) is 20.2 Å². The molecule has 0 spiro atoms. The van der Waals surface area contributed by atoms with E-state index in [0.29, 0.717) is 0 Å². The Morgan fingerprint density at radius 3 is 2.93 bits per heavy atom. The quantitative estimate of drug-likeness (QED) is 0.821. The van der Waals surface area contributed by atoms with Crippen molar-refractivity contribution in [1.29, 1.82) is 0 Å². The van der Waals surface area contributed by atoms with E-state index in [0.717, 1.165) is 16.6 Å². The third-order valence-corrected chi connectivity index (χ3v) is 2.51. The third kappa shape index (κ3) is 1.68. The van der Waals surface area contributed by atoms with E-state index < -0.39 is 0 Å². The molecule has 0 bridgehead atoms. The fraction of sp³-hybridized carbons (Fsp3) is 0.222. The number of hydrogen-bond acceptors (Lipinski definition) is 3. The number of aromatic nitrogens is 4. The third-order valence-electron chi connectivity index (χ3n) is 2.02. The van der Waals surface area contributed by atoms with Crippen LogP contribution in [0.25, 0.3) is 5.69 Å². The predicted molar refractivity (Wildman–Crippen MR) is 56.2 cm³/mol. The minimum atomic E-state index is 0.953. The lowest BCUT2D eigenvalue weighted by Gasteiger charge is -2.06. The fourth-order valence-electron chi connectivity index (χ4n) is 1.33. The highest BCUT2D eigenvalue weighted by atomic mass is 79.9. The average molecular weight is 253 g/mol.